The van der Waals surface area contributed by atoms with E-state index in [4.69, 9.17) is 0 Å². The Kier molecular flexibility index (Phi) is 9.28. The fraction of sp³-hybridized carbons (Fsp3) is 0.375. The number of pyridine rings is 1. The van der Waals surface area contributed by atoms with Gasteiger partial charge in [0, 0.05) is 49.9 Å². The first-order valence-electron chi connectivity index (χ1n) is 13.9. The van der Waals surface area contributed by atoms with Crippen LogP contribution in [0, 0.1) is 0 Å². The molecule has 5 rings (SSSR count). The van der Waals surface area contributed by atoms with E-state index >= 15 is 0 Å². The Balaban J connectivity index is 1.07. The summed E-state index contributed by atoms with van der Waals surface area (Å²) in [5.41, 5.74) is 6.56. The van der Waals surface area contributed by atoms with E-state index in [0.29, 0.717) is 6.54 Å². The SMILES string of the molecule is O=C(NCCCCCN1CCC(=C(c2ccccc2)c2ccccc2)CC1)[C@]1(c2cccnc2)NCCS1. The zero-order valence-electron chi connectivity index (χ0n) is 22.1. The van der Waals surface area contributed by atoms with Crippen molar-refractivity contribution in [1.82, 2.24) is 20.5 Å². The van der Waals surface area contributed by atoms with E-state index in [0.717, 1.165) is 63.2 Å². The van der Waals surface area contributed by atoms with E-state index in [1.165, 1.54) is 23.1 Å². The van der Waals surface area contributed by atoms with Gasteiger partial charge in [0.15, 0.2) is 4.87 Å². The molecule has 198 valence electrons. The normalized spacial score (nSPS) is 19.8. The summed E-state index contributed by atoms with van der Waals surface area (Å²) in [6.07, 6.45) is 9.09. The van der Waals surface area contributed by atoms with Crippen LogP contribution in [0.5, 0.6) is 0 Å². The van der Waals surface area contributed by atoms with Crippen molar-refractivity contribution < 1.29 is 4.79 Å². The van der Waals surface area contributed by atoms with Gasteiger partial charge in [-0.25, -0.2) is 0 Å². The van der Waals surface area contributed by atoms with Crippen molar-refractivity contribution in [3.8, 4) is 0 Å². The second-order valence-corrected chi connectivity index (χ2v) is 11.4. The number of piperidine rings is 1. The molecule has 3 heterocycles. The summed E-state index contributed by atoms with van der Waals surface area (Å²) in [5, 5.41) is 6.60. The van der Waals surface area contributed by atoms with Crippen LogP contribution >= 0.6 is 11.8 Å². The molecule has 1 aromatic heterocycles. The average Bonchev–Trinajstić information content (AvgIpc) is 3.49. The lowest BCUT2D eigenvalue weighted by atomic mass is 9.88. The van der Waals surface area contributed by atoms with Crippen LogP contribution in [0.1, 0.15) is 48.8 Å². The molecule has 1 amide bonds. The number of hydrogen-bond donors (Lipinski definition) is 2. The third kappa shape index (κ3) is 6.37. The fourth-order valence-electron chi connectivity index (χ4n) is 5.56. The Morgan fingerprint density at radius 3 is 2.24 bits per heavy atom. The predicted octanol–water partition coefficient (Wildman–Crippen LogP) is 5.46. The first-order chi connectivity index (χ1) is 18.8. The maximum absolute atomic E-state index is 13.1. The molecule has 0 spiro atoms. The van der Waals surface area contributed by atoms with Crippen molar-refractivity contribution in [3.63, 3.8) is 0 Å². The standard InChI is InChI=1S/C32H38N4OS/c37-31(32(35-20-24-38-32)29-15-10-18-33-25-29)34-19-8-3-9-21-36-22-16-28(17-23-36)30(26-11-4-1-5-12-26)27-13-6-2-7-14-27/h1-2,4-7,10-15,18,25,35H,3,8-9,16-17,19-24H2,(H,34,37)/t32-/m1/s1. The van der Waals surface area contributed by atoms with E-state index in [1.807, 2.05) is 12.1 Å². The largest absolute Gasteiger partial charge is 0.353 e. The molecule has 6 heteroatoms. The summed E-state index contributed by atoms with van der Waals surface area (Å²) in [6.45, 7) is 4.91. The van der Waals surface area contributed by atoms with Gasteiger partial charge in [0.1, 0.15) is 0 Å². The van der Waals surface area contributed by atoms with Gasteiger partial charge in [-0.2, -0.15) is 0 Å². The maximum atomic E-state index is 13.1. The molecule has 0 bridgehead atoms. The third-order valence-electron chi connectivity index (χ3n) is 7.56. The molecule has 1 atom stereocenters. The van der Waals surface area contributed by atoms with Gasteiger partial charge in [-0.15, -0.1) is 11.8 Å². The highest BCUT2D eigenvalue weighted by Crippen LogP contribution is 2.37. The van der Waals surface area contributed by atoms with Gasteiger partial charge < -0.3 is 10.2 Å². The molecule has 3 aromatic rings. The molecule has 0 radical (unpaired) electrons. The molecule has 5 nitrogen and oxygen atoms in total. The molecule has 2 aromatic carbocycles. The van der Waals surface area contributed by atoms with Gasteiger partial charge in [0.25, 0.3) is 5.91 Å². The minimum Gasteiger partial charge on any atom is -0.353 e. The lowest BCUT2D eigenvalue weighted by molar-refractivity contribution is -0.124. The number of nitrogens with zero attached hydrogens (tertiary/aromatic N) is 2. The van der Waals surface area contributed by atoms with E-state index < -0.39 is 4.87 Å². The van der Waals surface area contributed by atoms with Gasteiger partial charge in [-0.3, -0.25) is 15.1 Å². The topological polar surface area (TPSA) is 57.3 Å². The van der Waals surface area contributed by atoms with Crippen molar-refractivity contribution in [2.24, 2.45) is 0 Å². The Labute approximate surface area is 231 Å². The van der Waals surface area contributed by atoms with Crippen molar-refractivity contribution in [2.45, 2.75) is 37.0 Å². The highest BCUT2D eigenvalue weighted by atomic mass is 32.2. The van der Waals surface area contributed by atoms with E-state index in [2.05, 4.69) is 81.2 Å². The highest BCUT2D eigenvalue weighted by Gasteiger charge is 2.43. The second kappa shape index (κ2) is 13.2. The molecular weight excluding hydrogens is 488 g/mol. The maximum Gasteiger partial charge on any atom is 0.255 e. The zero-order chi connectivity index (χ0) is 26.0. The Bertz CT molecular complexity index is 1140. The first-order valence-corrected chi connectivity index (χ1v) is 14.9. The predicted molar refractivity (Wildman–Crippen MR) is 158 cm³/mol. The van der Waals surface area contributed by atoms with Crippen LogP contribution in [0.15, 0.2) is 90.8 Å². The number of amides is 1. The second-order valence-electron chi connectivity index (χ2n) is 10.1. The van der Waals surface area contributed by atoms with Gasteiger partial charge in [-0.1, -0.05) is 78.7 Å². The number of unbranched alkanes of at least 4 members (excludes halogenated alkanes) is 2. The number of hydrogen-bond acceptors (Lipinski definition) is 5. The summed E-state index contributed by atoms with van der Waals surface area (Å²) in [6, 6.07) is 25.6. The van der Waals surface area contributed by atoms with Crippen molar-refractivity contribution >= 4 is 23.2 Å². The van der Waals surface area contributed by atoms with Crippen LogP contribution in [0.4, 0.5) is 0 Å². The summed E-state index contributed by atoms with van der Waals surface area (Å²) >= 11 is 1.66. The molecule has 0 saturated carbocycles. The van der Waals surface area contributed by atoms with Gasteiger partial charge in [-0.05, 0) is 55.0 Å². The van der Waals surface area contributed by atoms with E-state index in [9.17, 15) is 4.79 Å². The lowest BCUT2D eigenvalue weighted by Gasteiger charge is -2.30. The Hall–Kier alpha value is -2.93. The number of carbonyl (C=O) groups excluding carboxylic acids is 1. The highest BCUT2D eigenvalue weighted by molar-refractivity contribution is 8.01. The number of rotatable bonds is 10. The monoisotopic (exact) mass is 526 g/mol. The molecule has 2 saturated heterocycles. The van der Waals surface area contributed by atoms with Crippen LogP contribution < -0.4 is 10.6 Å². The van der Waals surface area contributed by atoms with Gasteiger partial charge >= 0.3 is 0 Å². The van der Waals surface area contributed by atoms with Gasteiger partial charge in [0.05, 0.1) is 0 Å². The van der Waals surface area contributed by atoms with E-state index in [-0.39, 0.29) is 5.91 Å². The Morgan fingerprint density at radius 2 is 1.63 bits per heavy atom. The van der Waals surface area contributed by atoms with E-state index in [1.54, 1.807) is 29.7 Å². The molecule has 0 unspecified atom stereocenters. The summed E-state index contributed by atoms with van der Waals surface area (Å²) < 4.78 is 0. The number of thioether (sulfide) groups is 1. The number of carbonyl (C=O) groups is 1. The molecule has 2 fully saturated rings. The molecule has 38 heavy (non-hydrogen) atoms. The minimum absolute atomic E-state index is 0.0518. The lowest BCUT2D eigenvalue weighted by Crippen LogP contribution is -2.49. The molecule has 2 aliphatic rings. The third-order valence-corrected chi connectivity index (χ3v) is 8.96. The van der Waals surface area contributed by atoms with Crippen molar-refractivity contribution in [2.75, 3.05) is 38.5 Å². The number of nitrogens with one attached hydrogen (secondary N) is 2. The molecule has 2 N–H and O–H groups in total. The van der Waals surface area contributed by atoms with Crippen LogP contribution in [0.25, 0.3) is 5.57 Å². The van der Waals surface area contributed by atoms with Crippen molar-refractivity contribution in [1.29, 1.82) is 0 Å². The number of aromatic nitrogens is 1. The summed E-state index contributed by atoms with van der Waals surface area (Å²) in [4.78, 5) is 19.2. The fourth-order valence-corrected chi connectivity index (χ4v) is 6.77. The van der Waals surface area contributed by atoms with Crippen LogP contribution in [0.3, 0.4) is 0 Å². The molecular formula is C32H38N4OS. The van der Waals surface area contributed by atoms with Crippen LogP contribution in [-0.2, 0) is 9.67 Å². The van der Waals surface area contributed by atoms with Crippen molar-refractivity contribution in [3.05, 3.63) is 107 Å². The number of benzene rings is 2. The summed E-state index contributed by atoms with van der Waals surface area (Å²) in [7, 11) is 0. The average molecular weight is 527 g/mol. The Morgan fingerprint density at radius 1 is 0.921 bits per heavy atom. The molecule has 0 aliphatic carbocycles. The van der Waals surface area contributed by atoms with Crippen LogP contribution in [0.2, 0.25) is 0 Å². The van der Waals surface area contributed by atoms with Gasteiger partial charge in [0.2, 0.25) is 0 Å². The minimum atomic E-state index is -0.703. The number of likely N-dealkylation sites (tertiary alicyclic amines) is 1. The zero-order valence-corrected chi connectivity index (χ0v) is 22.9. The van der Waals surface area contributed by atoms with Crippen LogP contribution in [-0.4, -0.2) is 54.3 Å². The molecule has 2 aliphatic heterocycles. The summed E-state index contributed by atoms with van der Waals surface area (Å²) in [5.74, 6) is 0.976. The first kappa shape index (κ1) is 26.7. The quantitative estimate of drug-likeness (QED) is 0.344. The smallest absolute Gasteiger partial charge is 0.255 e.